The van der Waals surface area contributed by atoms with Gasteiger partial charge in [0, 0.05) is 24.7 Å². The first-order valence-corrected chi connectivity index (χ1v) is 9.72. The highest BCUT2D eigenvalue weighted by Crippen LogP contribution is 2.19. The molecule has 0 fully saturated rings. The number of carbonyl (C=O) groups excluding carboxylic acids is 1. The van der Waals surface area contributed by atoms with Crippen molar-refractivity contribution >= 4 is 11.7 Å². The third-order valence-electron chi connectivity index (χ3n) is 4.50. The van der Waals surface area contributed by atoms with Gasteiger partial charge in [0.15, 0.2) is 5.82 Å². The van der Waals surface area contributed by atoms with Crippen LogP contribution in [-0.2, 0) is 0 Å². The Morgan fingerprint density at radius 2 is 1.66 bits per heavy atom. The highest BCUT2D eigenvalue weighted by molar-refractivity contribution is 5.93. The van der Waals surface area contributed by atoms with Gasteiger partial charge in [0.2, 0.25) is 0 Å². The SMILES string of the molecule is CC(NC(=O)c1cc(NCCN(C)C)nc(-c2ccccc2)n1)c1ccccc1. The lowest BCUT2D eigenvalue weighted by Gasteiger charge is -2.16. The Labute approximate surface area is 172 Å². The van der Waals surface area contributed by atoms with Crippen LogP contribution in [0.2, 0.25) is 0 Å². The molecule has 1 aromatic heterocycles. The minimum Gasteiger partial charge on any atom is -0.369 e. The summed E-state index contributed by atoms with van der Waals surface area (Å²) < 4.78 is 0. The van der Waals surface area contributed by atoms with Gasteiger partial charge in [-0.3, -0.25) is 4.79 Å². The summed E-state index contributed by atoms with van der Waals surface area (Å²) in [7, 11) is 4.03. The number of hydrogen-bond donors (Lipinski definition) is 2. The Hall–Kier alpha value is -3.25. The summed E-state index contributed by atoms with van der Waals surface area (Å²) in [5, 5.41) is 6.32. The largest absolute Gasteiger partial charge is 0.369 e. The van der Waals surface area contributed by atoms with E-state index >= 15 is 0 Å². The van der Waals surface area contributed by atoms with Crippen molar-refractivity contribution in [3.8, 4) is 11.4 Å². The Morgan fingerprint density at radius 1 is 1.00 bits per heavy atom. The van der Waals surface area contributed by atoms with Gasteiger partial charge in [-0.15, -0.1) is 0 Å². The van der Waals surface area contributed by atoms with E-state index in [0.29, 0.717) is 17.3 Å². The van der Waals surface area contributed by atoms with Gasteiger partial charge >= 0.3 is 0 Å². The number of carbonyl (C=O) groups is 1. The molecule has 6 nitrogen and oxygen atoms in total. The van der Waals surface area contributed by atoms with Crippen molar-refractivity contribution in [1.82, 2.24) is 20.2 Å². The molecule has 0 aliphatic carbocycles. The van der Waals surface area contributed by atoms with Gasteiger partial charge in [-0.05, 0) is 26.6 Å². The summed E-state index contributed by atoms with van der Waals surface area (Å²) in [4.78, 5) is 24.1. The number of amides is 1. The average Bonchev–Trinajstić information content (AvgIpc) is 2.74. The molecule has 2 aromatic carbocycles. The van der Waals surface area contributed by atoms with E-state index in [-0.39, 0.29) is 11.9 Å². The normalized spacial score (nSPS) is 11.9. The molecule has 0 radical (unpaired) electrons. The average molecular weight is 390 g/mol. The number of nitrogens with zero attached hydrogens (tertiary/aromatic N) is 3. The van der Waals surface area contributed by atoms with Crippen molar-refractivity contribution in [1.29, 1.82) is 0 Å². The van der Waals surface area contributed by atoms with E-state index in [1.165, 1.54) is 0 Å². The first kappa shape index (κ1) is 20.5. The quantitative estimate of drug-likeness (QED) is 0.616. The fourth-order valence-corrected chi connectivity index (χ4v) is 2.87. The number of aromatic nitrogens is 2. The lowest BCUT2D eigenvalue weighted by molar-refractivity contribution is 0.0935. The van der Waals surface area contributed by atoms with Crippen molar-refractivity contribution in [2.75, 3.05) is 32.5 Å². The van der Waals surface area contributed by atoms with Crippen LogP contribution >= 0.6 is 0 Å². The van der Waals surface area contributed by atoms with Crippen LogP contribution in [0.3, 0.4) is 0 Å². The predicted molar refractivity (Wildman–Crippen MR) is 117 cm³/mol. The summed E-state index contributed by atoms with van der Waals surface area (Å²) in [6.07, 6.45) is 0. The lowest BCUT2D eigenvalue weighted by Crippen LogP contribution is -2.28. The van der Waals surface area contributed by atoms with E-state index in [2.05, 4.69) is 25.5 Å². The molecule has 150 valence electrons. The van der Waals surface area contributed by atoms with Crippen LogP contribution in [0.25, 0.3) is 11.4 Å². The molecule has 0 saturated heterocycles. The standard InChI is InChI=1S/C23H27N5O/c1-17(18-10-6-4-7-11-18)25-23(29)20-16-21(24-14-15-28(2)3)27-22(26-20)19-12-8-5-9-13-19/h4-13,16-17H,14-15H2,1-3H3,(H,25,29)(H,24,26,27). The summed E-state index contributed by atoms with van der Waals surface area (Å²) in [6, 6.07) is 21.1. The van der Waals surface area contributed by atoms with E-state index in [0.717, 1.165) is 24.2 Å². The van der Waals surface area contributed by atoms with Crippen LogP contribution in [0.4, 0.5) is 5.82 Å². The zero-order valence-electron chi connectivity index (χ0n) is 17.1. The molecule has 6 heteroatoms. The van der Waals surface area contributed by atoms with Crippen LogP contribution in [-0.4, -0.2) is 48.0 Å². The second-order valence-electron chi connectivity index (χ2n) is 7.16. The van der Waals surface area contributed by atoms with Gasteiger partial charge in [-0.2, -0.15) is 0 Å². The minimum absolute atomic E-state index is 0.121. The van der Waals surface area contributed by atoms with Crippen LogP contribution in [0.1, 0.15) is 29.0 Å². The zero-order chi connectivity index (χ0) is 20.6. The van der Waals surface area contributed by atoms with Gasteiger partial charge in [-0.1, -0.05) is 60.7 Å². The van der Waals surface area contributed by atoms with E-state index in [9.17, 15) is 4.79 Å². The Bertz CT molecular complexity index is 929. The number of benzene rings is 2. The molecular weight excluding hydrogens is 362 g/mol. The first-order chi connectivity index (χ1) is 14.0. The van der Waals surface area contributed by atoms with Gasteiger partial charge in [0.1, 0.15) is 11.5 Å². The van der Waals surface area contributed by atoms with Gasteiger partial charge in [0.25, 0.3) is 5.91 Å². The molecule has 0 aliphatic rings. The molecule has 2 N–H and O–H groups in total. The second-order valence-corrected chi connectivity index (χ2v) is 7.16. The number of hydrogen-bond acceptors (Lipinski definition) is 5. The fraction of sp³-hybridized carbons (Fsp3) is 0.261. The maximum atomic E-state index is 12.9. The summed E-state index contributed by atoms with van der Waals surface area (Å²) in [6.45, 7) is 3.54. The highest BCUT2D eigenvalue weighted by Gasteiger charge is 2.16. The smallest absolute Gasteiger partial charge is 0.270 e. The Kier molecular flexibility index (Phi) is 6.92. The minimum atomic E-state index is -0.225. The molecule has 1 heterocycles. The lowest BCUT2D eigenvalue weighted by atomic mass is 10.1. The second kappa shape index (κ2) is 9.80. The molecular formula is C23H27N5O. The van der Waals surface area contributed by atoms with Crippen LogP contribution in [0.15, 0.2) is 66.7 Å². The predicted octanol–water partition coefficient (Wildman–Crippen LogP) is 3.61. The van der Waals surface area contributed by atoms with Gasteiger partial charge in [-0.25, -0.2) is 9.97 Å². The van der Waals surface area contributed by atoms with E-state index in [1.54, 1.807) is 6.07 Å². The molecule has 0 aliphatic heterocycles. The van der Waals surface area contributed by atoms with E-state index < -0.39 is 0 Å². The van der Waals surface area contributed by atoms with Crippen LogP contribution < -0.4 is 10.6 Å². The van der Waals surface area contributed by atoms with Crippen molar-refractivity contribution in [2.45, 2.75) is 13.0 Å². The Morgan fingerprint density at radius 3 is 2.31 bits per heavy atom. The van der Waals surface area contributed by atoms with Crippen LogP contribution in [0.5, 0.6) is 0 Å². The molecule has 29 heavy (non-hydrogen) atoms. The number of rotatable bonds is 8. The zero-order valence-corrected chi connectivity index (χ0v) is 17.1. The summed E-state index contributed by atoms with van der Waals surface area (Å²) in [5.74, 6) is 0.938. The van der Waals surface area contributed by atoms with E-state index in [4.69, 9.17) is 0 Å². The first-order valence-electron chi connectivity index (χ1n) is 9.72. The van der Waals surface area contributed by atoms with Crippen molar-refractivity contribution in [3.05, 3.63) is 78.0 Å². The monoisotopic (exact) mass is 389 g/mol. The molecule has 0 bridgehead atoms. The van der Waals surface area contributed by atoms with Crippen molar-refractivity contribution in [2.24, 2.45) is 0 Å². The molecule has 0 spiro atoms. The van der Waals surface area contributed by atoms with E-state index in [1.807, 2.05) is 81.7 Å². The molecule has 3 rings (SSSR count). The molecule has 0 saturated carbocycles. The third-order valence-corrected chi connectivity index (χ3v) is 4.50. The number of nitrogens with one attached hydrogen (secondary N) is 2. The third kappa shape index (κ3) is 5.86. The highest BCUT2D eigenvalue weighted by atomic mass is 16.1. The number of anilines is 1. The molecule has 1 amide bonds. The van der Waals surface area contributed by atoms with Crippen molar-refractivity contribution in [3.63, 3.8) is 0 Å². The molecule has 3 aromatic rings. The maximum absolute atomic E-state index is 12.9. The topological polar surface area (TPSA) is 70.2 Å². The molecule has 1 atom stereocenters. The summed E-state index contributed by atoms with van der Waals surface area (Å²) in [5.41, 5.74) is 2.26. The summed E-state index contributed by atoms with van der Waals surface area (Å²) >= 11 is 0. The van der Waals surface area contributed by atoms with Gasteiger partial charge < -0.3 is 15.5 Å². The Balaban J connectivity index is 1.84. The molecule has 1 unspecified atom stereocenters. The maximum Gasteiger partial charge on any atom is 0.270 e. The van der Waals surface area contributed by atoms with Gasteiger partial charge in [0.05, 0.1) is 6.04 Å². The fourth-order valence-electron chi connectivity index (χ4n) is 2.87. The number of likely N-dealkylation sites (N-methyl/N-ethyl adjacent to an activating group) is 1. The van der Waals surface area contributed by atoms with Crippen LogP contribution in [0, 0.1) is 0 Å². The van der Waals surface area contributed by atoms with Crippen molar-refractivity contribution < 1.29 is 4.79 Å².